The zero-order valence-electron chi connectivity index (χ0n) is 17.5. The first-order valence-corrected chi connectivity index (χ1v) is 11.8. The second-order valence-corrected chi connectivity index (χ2v) is 9.58. The van der Waals surface area contributed by atoms with Crippen molar-refractivity contribution in [1.82, 2.24) is 14.6 Å². The van der Waals surface area contributed by atoms with Crippen molar-refractivity contribution in [3.8, 4) is 0 Å². The van der Waals surface area contributed by atoms with Gasteiger partial charge in [-0.25, -0.2) is 4.98 Å². The Morgan fingerprint density at radius 2 is 2.06 bits per heavy atom. The fourth-order valence-electron chi connectivity index (χ4n) is 4.67. The molecule has 0 radical (unpaired) electrons. The largest absolute Gasteiger partial charge is 0.337 e. The fourth-order valence-corrected chi connectivity index (χ4v) is 5.65. The van der Waals surface area contributed by atoms with Crippen molar-refractivity contribution in [1.29, 1.82) is 0 Å². The molecule has 1 aromatic carbocycles. The number of nitrogens with zero attached hydrogens (tertiary/aromatic N) is 4. The minimum absolute atomic E-state index is 0.0309. The summed E-state index contributed by atoms with van der Waals surface area (Å²) in [5, 5.41) is 4.92. The molecule has 0 unspecified atom stereocenters. The Hall–Kier alpha value is -2.61. The Morgan fingerprint density at radius 1 is 1.29 bits per heavy atom. The molecule has 0 amide bonds. The van der Waals surface area contributed by atoms with Crippen molar-refractivity contribution in [2.75, 3.05) is 11.4 Å². The molecule has 0 bridgehead atoms. The number of aryl methyl sites for hydroxylation is 1. The number of carbonyl (C=O) groups excluding carboxylic acids is 1. The Balaban J connectivity index is 1.41. The molecule has 0 N–H and O–H groups in total. The van der Waals surface area contributed by atoms with Crippen LogP contribution in [0.4, 0.5) is 9.52 Å². The van der Waals surface area contributed by atoms with Gasteiger partial charge >= 0.3 is 5.56 Å². The smallest absolute Gasteiger partial charge is 0.311 e. The molecule has 3 aromatic rings. The number of aromatic nitrogens is 3. The number of Topliss-reactive ketones (excluding diaryl/α,β-unsaturated/α-hetero) is 1. The predicted octanol–water partition coefficient (Wildman–Crippen LogP) is 3.90. The van der Waals surface area contributed by atoms with E-state index in [0.717, 1.165) is 30.2 Å². The molecular weight excluding hydrogens is 415 g/mol. The molecule has 1 aliphatic carbocycles. The SMILES string of the molecule is CCCc1nc2sc(N3CCC[C@@H]3C(=O)CC3(c4ccccc4)CC3)nn2c(=O)c1F. The van der Waals surface area contributed by atoms with E-state index in [4.69, 9.17) is 0 Å². The van der Waals surface area contributed by atoms with Gasteiger partial charge in [-0.3, -0.25) is 9.59 Å². The van der Waals surface area contributed by atoms with Gasteiger partial charge in [0.2, 0.25) is 15.9 Å². The average molecular weight is 441 g/mol. The van der Waals surface area contributed by atoms with Crippen molar-refractivity contribution >= 4 is 27.2 Å². The third-order valence-electron chi connectivity index (χ3n) is 6.52. The number of anilines is 1. The summed E-state index contributed by atoms with van der Waals surface area (Å²) in [4.78, 5) is 32.4. The average Bonchev–Trinajstić information content (AvgIpc) is 3.20. The lowest BCUT2D eigenvalue weighted by molar-refractivity contribution is -0.120. The van der Waals surface area contributed by atoms with E-state index < -0.39 is 11.4 Å². The van der Waals surface area contributed by atoms with Crippen molar-refractivity contribution in [2.45, 2.75) is 63.3 Å². The van der Waals surface area contributed by atoms with E-state index in [0.29, 0.717) is 35.9 Å². The van der Waals surface area contributed by atoms with E-state index in [1.54, 1.807) is 0 Å². The number of hydrogen-bond donors (Lipinski definition) is 0. The normalized spacial score (nSPS) is 19.8. The van der Waals surface area contributed by atoms with E-state index in [1.165, 1.54) is 16.9 Å². The molecule has 2 fully saturated rings. The van der Waals surface area contributed by atoms with Crippen LogP contribution in [0.1, 0.15) is 56.7 Å². The third kappa shape index (κ3) is 3.56. The lowest BCUT2D eigenvalue weighted by atomic mass is 9.88. The number of halogens is 1. The van der Waals surface area contributed by atoms with Gasteiger partial charge in [-0.1, -0.05) is 55.0 Å². The summed E-state index contributed by atoms with van der Waals surface area (Å²) < 4.78 is 15.4. The topological polar surface area (TPSA) is 67.6 Å². The van der Waals surface area contributed by atoms with Crippen LogP contribution in [0.3, 0.4) is 0 Å². The van der Waals surface area contributed by atoms with Crippen molar-refractivity contribution in [3.05, 3.63) is 57.8 Å². The third-order valence-corrected chi connectivity index (χ3v) is 7.47. The van der Waals surface area contributed by atoms with Crippen LogP contribution >= 0.6 is 11.3 Å². The van der Waals surface area contributed by atoms with Crippen LogP contribution in [0.2, 0.25) is 0 Å². The van der Waals surface area contributed by atoms with Gasteiger partial charge in [0.05, 0.1) is 11.7 Å². The molecule has 2 aliphatic rings. The molecule has 1 aliphatic heterocycles. The molecule has 1 atom stereocenters. The zero-order valence-corrected chi connectivity index (χ0v) is 18.3. The highest BCUT2D eigenvalue weighted by Gasteiger charge is 2.47. The van der Waals surface area contributed by atoms with Gasteiger partial charge in [-0.15, -0.1) is 5.10 Å². The molecule has 1 saturated carbocycles. The molecule has 162 valence electrons. The number of hydrogen-bond acceptors (Lipinski definition) is 6. The van der Waals surface area contributed by atoms with E-state index >= 15 is 0 Å². The van der Waals surface area contributed by atoms with Gasteiger partial charge < -0.3 is 4.90 Å². The van der Waals surface area contributed by atoms with Crippen molar-refractivity contribution < 1.29 is 9.18 Å². The van der Waals surface area contributed by atoms with Gasteiger partial charge in [0.1, 0.15) is 0 Å². The fraction of sp³-hybridized carbons (Fsp3) is 0.478. The summed E-state index contributed by atoms with van der Waals surface area (Å²) in [6, 6.07) is 10.0. The van der Waals surface area contributed by atoms with E-state index in [-0.39, 0.29) is 22.9 Å². The highest BCUT2D eigenvalue weighted by molar-refractivity contribution is 7.20. The second-order valence-electron chi connectivity index (χ2n) is 8.65. The molecular formula is C23H25FN4O2S. The highest BCUT2D eigenvalue weighted by atomic mass is 32.1. The first-order chi connectivity index (χ1) is 15.0. The molecule has 1 saturated heterocycles. The first kappa shape index (κ1) is 20.3. The predicted molar refractivity (Wildman–Crippen MR) is 118 cm³/mol. The van der Waals surface area contributed by atoms with Crippen LogP contribution < -0.4 is 10.5 Å². The Morgan fingerprint density at radius 3 is 2.77 bits per heavy atom. The summed E-state index contributed by atoms with van der Waals surface area (Å²) >= 11 is 1.26. The minimum atomic E-state index is -0.830. The van der Waals surface area contributed by atoms with Crippen LogP contribution in [0, 0.1) is 5.82 Å². The zero-order chi connectivity index (χ0) is 21.6. The maximum Gasteiger partial charge on any atom is 0.311 e. The molecule has 2 aromatic heterocycles. The molecule has 6 nitrogen and oxygen atoms in total. The van der Waals surface area contributed by atoms with Gasteiger partial charge in [-0.2, -0.15) is 8.91 Å². The molecule has 31 heavy (non-hydrogen) atoms. The van der Waals surface area contributed by atoms with E-state index in [1.807, 2.05) is 30.0 Å². The van der Waals surface area contributed by atoms with E-state index in [9.17, 15) is 14.0 Å². The second kappa shape index (κ2) is 7.82. The number of rotatable bonds is 7. The molecule has 8 heteroatoms. The highest BCUT2D eigenvalue weighted by Crippen LogP contribution is 2.51. The van der Waals surface area contributed by atoms with Crippen molar-refractivity contribution in [2.24, 2.45) is 0 Å². The first-order valence-electron chi connectivity index (χ1n) is 11.0. The molecule has 3 heterocycles. The lowest BCUT2D eigenvalue weighted by Crippen LogP contribution is -2.37. The van der Waals surface area contributed by atoms with Gasteiger partial charge in [0.15, 0.2) is 5.78 Å². The lowest BCUT2D eigenvalue weighted by Gasteiger charge is -2.24. The van der Waals surface area contributed by atoms with Gasteiger partial charge in [0, 0.05) is 18.4 Å². The summed E-state index contributed by atoms with van der Waals surface area (Å²) in [7, 11) is 0. The number of fused-ring (bicyclic) bond motifs is 1. The standard InChI is InChI=1S/C23H25FN4O2S/c1-2-7-16-19(24)20(30)28-21(25-16)31-22(26-28)27-13-6-10-17(27)18(29)14-23(11-12-23)15-8-4-3-5-9-15/h3-5,8-9,17H,2,6-7,10-14H2,1H3/t17-/m1/s1. The monoisotopic (exact) mass is 440 g/mol. The Kier molecular flexibility index (Phi) is 5.12. The summed E-state index contributed by atoms with van der Waals surface area (Å²) in [6.45, 7) is 2.62. The molecule has 5 rings (SSSR count). The summed E-state index contributed by atoms with van der Waals surface area (Å²) in [6.07, 6.45) is 5.38. The number of benzene rings is 1. The summed E-state index contributed by atoms with van der Waals surface area (Å²) in [5.74, 6) is -0.611. The van der Waals surface area contributed by atoms with Crippen LogP contribution in [0.25, 0.3) is 4.96 Å². The van der Waals surface area contributed by atoms with Crippen molar-refractivity contribution in [3.63, 3.8) is 0 Å². The Labute approximate surface area is 183 Å². The Bertz CT molecular complexity index is 1190. The maximum absolute atomic E-state index is 14.4. The number of ketones is 1. The number of carbonyl (C=O) groups is 1. The van der Waals surface area contributed by atoms with Crippen LogP contribution in [0.5, 0.6) is 0 Å². The van der Waals surface area contributed by atoms with Crippen LogP contribution in [-0.4, -0.2) is 33.0 Å². The van der Waals surface area contributed by atoms with E-state index in [2.05, 4.69) is 22.2 Å². The minimum Gasteiger partial charge on any atom is -0.337 e. The van der Waals surface area contributed by atoms with Gasteiger partial charge in [-0.05, 0) is 37.7 Å². The quantitative estimate of drug-likeness (QED) is 0.557. The van der Waals surface area contributed by atoms with Gasteiger partial charge in [0.25, 0.3) is 0 Å². The maximum atomic E-state index is 14.4. The summed E-state index contributed by atoms with van der Waals surface area (Å²) in [5.41, 5.74) is 0.633. The van der Waals surface area contributed by atoms with Crippen LogP contribution in [0.15, 0.2) is 35.1 Å². The molecule has 0 spiro atoms. The van der Waals surface area contributed by atoms with Crippen LogP contribution in [-0.2, 0) is 16.6 Å².